The zero-order valence-corrected chi connectivity index (χ0v) is 14.4. The Labute approximate surface area is 139 Å². The maximum absolute atomic E-state index is 12.5. The summed E-state index contributed by atoms with van der Waals surface area (Å²) in [7, 11) is 0. The summed E-state index contributed by atoms with van der Waals surface area (Å²) in [4.78, 5) is 21.2. The molecular weight excluding hydrogens is 288 g/mol. The number of hydrogen-bond acceptors (Lipinski definition) is 3. The van der Waals surface area contributed by atoms with E-state index in [1.54, 1.807) is 0 Å². The molecule has 2 aliphatic heterocycles. The van der Waals surface area contributed by atoms with E-state index >= 15 is 0 Å². The molecule has 2 aliphatic rings. The SMILES string of the molecule is CCN1CCC(CC(=O)N2CCC(Cn3ccnc3)CC2)CC1. The van der Waals surface area contributed by atoms with E-state index in [0.717, 1.165) is 45.4 Å². The molecule has 0 bridgehead atoms. The minimum absolute atomic E-state index is 0.390. The third kappa shape index (κ3) is 4.56. The van der Waals surface area contributed by atoms with Gasteiger partial charge in [-0.3, -0.25) is 4.79 Å². The smallest absolute Gasteiger partial charge is 0.222 e. The Balaban J connectivity index is 1.38. The van der Waals surface area contributed by atoms with Gasteiger partial charge in [-0.2, -0.15) is 0 Å². The summed E-state index contributed by atoms with van der Waals surface area (Å²) in [5, 5.41) is 0. The van der Waals surface area contributed by atoms with Crippen LogP contribution in [0.5, 0.6) is 0 Å². The Hall–Kier alpha value is -1.36. The molecule has 5 nitrogen and oxygen atoms in total. The summed E-state index contributed by atoms with van der Waals surface area (Å²) in [6, 6.07) is 0. The molecule has 0 unspecified atom stereocenters. The number of likely N-dealkylation sites (tertiary alicyclic amines) is 2. The number of nitrogens with zero attached hydrogens (tertiary/aromatic N) is 4. The predicted octanol–water partition coefficient (Wildman–Crippen LogP) is 2.24. The van der Waals surface area contributed by atoms with Crippen molar-refractivity contribution in [3.63, 3.8) is 0 Å². The molecule has 3 heterocycles. The van der Waals surface area contributed by atoms with Gasteiger partial charge in [-0.1, -0.05) is 6.92 Å². The molecule has 0 aromatic carbocycles. The van der Waals surface area contributed by atoms with Crippen molar-refractivity contribution in [3.8, 4) is 0 Å². The maximum Gasteiger partial charge on any atom is 0.222 e. The van der Waals surface area contributed by atoms with Crippen molar-refractivity contribution in [3.05, 3.63) is 18.7 Å². The molecule has 2 saturated heterocycles. The van der Waals surface area contributed by atoms with E-state index in [2.05, 4.69) is 26.3 Å². The highest BCUT2D eigenvalue weighted by Gasteiger charge is 2.26. The first kappa shape index (κ1) is 16.5. The molecule has 0 N–H and O–H groups in total. The van der Waals surface area contributed by atoms with Gasteiger partial charge in [0.1, 0.15) is 0 Å². The molecule has 1 aromatic rings. The van der Waals surface area contributed by atoms with Gasteiger partial charge in [-0.25, -0.2) is 4.98 Å². The molecule has 0 saturated carbocycles. The van der Waals surface area contributed by atoms with E-state index in [4.69, 9.17) is 0 Å². The van der Waals surface area contributed by atoms with Crippen LogP contribution >= 0.6 is 0 Å². The van der Waals surface area contributed by atoms with Crippen LogP contribution in [0.2, 0.25) is 0 Å². The zero-order valence-electron chi connectivity index (χ0n) is 14.4. The molecule has 128 valence electrons. The minimum Gasteiger partial charge on any atom is -0.343 e. The number of imidazole rings is 1. The first-order valence-electron chi connectivity index (χ1n) is 9.20. The number of carbonyl (C=O) groups excluding carboxylic acids is 1. The molecule has 23 heavy (non-hydrogen) atoms. The number of carbonyl (C=O) groups is 1. The van der Waals surface area contributed by atoms with Crippen LogP contribution in [0.3, 0.4) is 0 Å². The Morgan fingerprint density at radius 3 is 2.39 bits per heavy atom. The quantitative estimate of drug-likeness (QED) is 0.836. The monoisotopic (exact) mass is 318 g/mol. The Morgan fingerprint density at radius 1 is 1.09 bits per heavy atom. The van der Waals surface area contributed by atoms with Gasteiger partial charge >= 0.3 is 0 Å². The molecule has 0 radical (unpaired) electrons. The topological polar surface area (TPSA) is 41.4 Å². The number of amides is 1. The first-order chi connectivity index (χ1) is 11.2. The molecule has 0 aliphatic carbocycles. The van der Waals surface area contributed by atoms with Crippen molar-refractivity contribution in [2.45, 2.75) is 45.6 Å². The lowest BCUT2D eigenvalue weighted by molar-refractivity contribution is -0.134. The average molecular weight is 318 g/mol. The highest BCUT2D eigenvalue weighted by atomic mass is 16.2. The third-order valence-corrected chi connectivity index (χ3v) is 5.61. The summed E-state index contributed by atoms with van der Waals surface area (Å²) in [6.45, 7) is 8.61. The fraction of sp³-hybridized carbons (Fsp3) is 0.778. The second kappa shape index (κ2) is 7.95. The van der Waals surface area contributed by atoms with Crippen LogP contribution in [0, 0.1) is 11.8 Å². The summed E-state index contributed by atoms with van der Waals surface area (Å²) in [6.07, 6.45) is 11.1. The van der Waals surface area contributed by atoms with E-state index in [1.165, 1.54) is 25.9 Å². The van der Waals surface area contributed by atoms with Crippen molar-refractivity contribution < 1.29 is 4.79 Å². The molecule has 0 spiro atoms. The summed E-state index contributed by atoms with van der Waals surface area (Å²) in [5.41, 5.74) is 0. The molecule has 2 fully saturated rings. The van der Waals surface area contributed by atoms with Crippen molar-refractivity contribution in [2.75, 3.05) is 32.7 Å². The Kier molecular flexibility index (Phi) is 5.70. The minimum atomic E-state index is 0.390. The van der Waals surface area contributed by atoms with Crippen LogP contribution in [0.4, 0.5) is 0 Å². The molecule has 0 atom stereocenters. The van der Waals surface area contributed by atoms with Gasteiger partial charge in [0.15, 0.2) is 0 Å². The lowest BCUT2D eigenvalue weighted by atomic mass is 9.91. The van der Waals surface area contributed by atoms with Gasteiger partial charge in [-0.15, -0.1) is 0 Å². The highest BCUT2D eigenvalue weighted by Crippen LogP contribution is 2.24. The summed E-state index contributed by atoms with van der Waals surface area (Å²) in [5.74, 6) is 1.68. The molecule has 3 rings (SSSR count). The number of aromatic nitrogens is 2. The number of piperidine rings is 2. The van der Waals surface area contributed by atoms with Crippen molar-refractivity contribution in [1.29, 1.82) is 0 Å². The molecule has 5 heteroatoms. The van der Waals surface area contributed by atoms with Crippen LogP contribution in [0.25, 0.3) is 0 Å². The molecule has 1 aromatic heterocycles. The van der Waals surface area contributed by atoms with E-state index in [-0.39, 0.29) is 0 Å². The average Bonchev–Trinajstić information content (AvgIpc) is 3.09. The first-order valence-corrected chi connectivity index (χ1v) is 9.20. The summed E-state index contributed by atoms with van der Waals surface area (Å²) >= 11 is 0. The van der Waals surface area contributed by atoms with Gasteiger partial charge < -0.3 is 14.4 Å². The highest BCUT2D eigenvalue weighted by molar-refractivity contribution is 5.76. The van der Waals surface area contributed by atoms with Crippen molar-refractivity contribution in [2.24, 2.45) is 11.8 Å². The standard InChI is InChI=1S/C18H30N4O/c1-2-20-8-3-16(4-9-20)13-18(23)22-10-5-17(6-11-22)14-21-12-7-19-15-21/h7,12,15-17H,2-6,8-11,13-14H2,1H3. The van der Waals surface area contributed by atoms with Crippen molar-refractivity contribution in [1.82, 2.24) is 19.4 Å². The lowest BCUT2D eigenvalue weighted by Crippen LogP contribution is -2.41. The van der Waals surface area contributed by atoms with E-state index in [1.807, 2.05) is 18.7 Å². The Bertz CT molecular complexity index is 471. The van der Waals surface area contributed by atoms with Crippen LogP contribution in [0.1, 0.15) is 39.0 Å². The number of hydrogen-bond donors (Lipinski definition) is 0. The second-order valence-corrected chi connectivity index (χ2v) is 7.17. The van der Waals surface area contributed by atoms with E-state index in [9.17, 15) is 4.79 Å². The zero-order chi connectivity index (χ0) is 16.1. The van der Waals surface area contributed by atoms with Gasteiger partial charge in [0.2, 0.25) is 5.91 Å². The summed E-state index contributed by atoms with van der Waals surface area (Å²) < 4.78 is 2.16. The fourth-order valence-electron chi connectivity index (χ4n) is 3.94. The maximum atomic E-state index is 12.5. The van der Waals surface area contributed by atoms with Crippen molar-refractivity contribution >= 4 is 5.91 Å². The fourth-order valence-corrected chi connectivity index (χ4v) is 3.94. The normalized spacial score (nSPS) is 21.7. The molecular formula is C18H30N4O. The van der Waals surface area contributed by atoms with E-state index < -0.39 is 0 Å². The second-order valence-electron chi connectivity index (χ2n) is 7.17. The van der Waals surface area contributed by atoms with Crippen LogP contribution < -0.4 is 0 Å². The lowest BCUT2D eigenvalue weighted by Gasteiger charge is -2.35. The van der Waals surface area contributed by atoms with E-state index in [0.29, 0.717) is 17.7 Å². The van der Waals surface area contributed by atoms with Crippen LogP contribution in [0.15, 0.2) is 18.7 Å². The van der Waals surface area contributed by atoms with Crippen LogP contribution in [-0.2, 0) is 11.3 Å². The van der Waals surface area contributed by atoms with Gasteiger partial charge in [0, 0.05) is 38.4 Å². The van der Waals surface area contributed by atoms with Gasteiger partial charge in [0.25, 0.3) is 0 Å². The van der Waals surface area contributed by atoms with Gasteiger partial charge in [0.05, 0.1) is 6.33 Å². The largest absolute Gasteiger partial charge is 0.343 e. The van der Waals surface area contributed by atoms with Crippen LogP contribution in [-0.4, -0.2) is 58.0 Å². The van der Waals surface area contributed by atoms with Gasteiger partial charge in [-0.05, 0) is 57.2 Å². The Morgan fingerprint density at radius 2 is 1.78 bits per heavy atom. The predicted molar refractivity (Wildman–Crippen MR) is 91.0 cm³/mol. The number of rotatable bonds is 5. The third-order valence-electron chi connectivity index (χ3n) is 5.61. The molecule has 1 amide bonds.